The van der Waals surface area contributed by atoms with E-state index < -0.39 is 10.0 Å². The van der Waals surface area contributed by atoms with E-state index in [1.165, 1.54) is 23.5 Å². The summed E-state index contributed by atoms with van der Waals surface area (Å²) < 4.78 is 28.4. The summed E-state index contributed by atoms with van der Waals surface area (Å²) in [6.07, 6.45) is 1.92. The van der Waals surface area contributed by atoms with Gasteiger partial charge in [0.25, 0.3) is 5.91 Å². The summed E-state index contributed by atoms with van der Waals surface area (Å²) in [5.74, 6) is -0.258. The summed E-state index contributed by atoms with van der Waals surface area (Å²) in [4.78, 5) is 18.9. The van der Waals surface area contributed by atoms with Gasteiger partial charge in [0.15, 0.2) is 4.96 Å². The van der Waals surface area contributed by atoms with E-state index in [-0.39, 0.29) is 10.8 Å². The lowest BCUT2D eigenvalue weighted by molar-refractivity contribution is 0.102. The maximum absolute atomic E-state index is 12.8. The van der Waals surface area contributed by atoms with Crippen LogP contribution in [0.2, 0.25) is 0 Å². The normalized spacial score (nSPS) is 11.7. The number of hydrogen-bond acceptors (Lipinski definition) is 5. The summed E-state index contributed by atoms with van der Waals surface area (Å²) in [6, 6.07) is 15.9. The lowest BCUT2D eigenvalue weighted by Gasteiger charge is -2.07. The van der Waals surface area contributed by atoms with Crippen LogP contribution in [0.4, 0.5) is 5.69 Å². The molecule has 30 heavy (non-hydrogen) atoms. The van der Waals surface area contributed by atoms with Crippen molar-refractivity contribution < 1.29 is 13.2 Å². The lowest BCUT2D eigenvalue weighted by Crippen LogP contribution is -2.23. The minimum absolute atomic E-state index is 0.154. The molecule has 0 unspecified atom stereocenters. The smallest absolute Gasteiger partial charge is 0.267 e. The number of nitrogens with one attached hydrogen (secondary N) is 2. The molecule has 7 nitrogen and oxygen atoms in total. The van der Waals surface area contributed by atoms with Crippen LogP contribution in [0.25, 0.3) is 16.2 Å². The quantitative estimate of drug-likeness (QED) is 0.475. The highest BCUT2D eigenvalue weighted by atomic mass is 32.2. The van der Waals surface area contributed by atoms with Crippen LogP contribution >= 0.6 is 11.3 Å². The largest absolute Gasteiger partial charge is 0.321 e. The van der Waals surface area contributed by atoms with Crippen molar-refractivity contribution in [2.75, 3.05) is 11.9 Å². The predicted molar refractivity (Wildman–Crippen MR) is 118 cm³/mol. The molecule has 0 atom stereocenters. The number of aromatic nitrogens is 2. The van der Waals surface area contributed by atoms with Crippen LogP contribution < -0.4 is 10.0 Å². The van der Waals surface area contributed by atoms with E-state index >= 15 is 0 Å². The number of hydrogen-bond donors (Lipinski definition) is 2. The molecule has 0 aliphatic heterocycles. The maximum atomic E-state index is 12.8. The number of aryl methyl sites for hydroxylation is 1. The topological polar surface area (TPSA) is 92.6 Å². The van der Waals surface area contributed by atoms with Gasteiger partial charge in [-0.3, -0.25) is 9.20 Å². The standard InChI is InChI=1S/C21H20N4O3S2/c1-3-22-30(27,28)17-11-9-16(10-12-17)23-20(26)19-14(2)25-13-18(24-21(25)29-19)15-7-5-4-6-8-15/h4-13,22H,3H2,1-2H3,(H,23,26). The zero-order chi connectivity index (χ0) is 21.3. The molecule has 9 heteroatoms. The molecule has 1 amide bonds. The fourth-order valence-electron chi connectivity index (χ4n) is 3.09. The Morgan fingerprint density at radius 1 is 1.10 bits per heavy atom. The van der Waals surface area contributed by atoms with E-state index in [1.807, 2.05) is 47.9 Å². The van der Waals surface area contributed by atoms with E-state index in [1.54, 1.807) is 19.1 Å². The van der Waals surface area contributed by atoms with Crippen LogP contribution in [0.1, 0.15) is 22.3 Å². The molecule has 4 rings (SSSR count). The highest BCUT2D eigenvalue weighted by Crippen LogP contribution is 2.28. The molecule has 2 aromatic carbocycles. The van der Waals surface area contributed by atoms with Crippen molar-refractivity contribution in [2.24, 2.45) is 0 Å². The number of rotatable bonds is 6. The molecule has 2 heterocycles. The van der Waals surface area contributed by atoms with Gasteiger partial charge in [-0.2, -0.15) is 0 Å². The van der Waals surface area contributed by atoms with E-state index in [2.05, 4.69) is 15.0 Å². The van der Waals surface area contributed by atoms with Crippen LogP contribution in [-0.2, 0) is 10.0 Å². The Balaban J connectivity index is 1.55. The van der Waals surface area contributed by atoms with Gasteiger partial charge in [0.2, 0.25) is 10.0 Å². The predicted octanol–water partition coefficient (Wildman–Crippen LogP) is 3.92. The molecule has 0 bridgehead atoms. The second kappa shape index (κ2) is 8.02. The lowest BCUT2D eigenvalue weighted by atomic mass is 10.2. The van der Waals surface area contributed by atoms with Crippen molar-refractivity contribution in [3.63, 3.8) is 0 Å². The summed E-state index contributed by atoms with van der Waals surface area (Å²) >= 11 is 1.31. The number of anilines is 1. The van der Waals surface area contributed by atoms with Gasteiger partial charge in [-0.25, -0.2) is 18.1 Å². The molecule has 0 saturated carbocycles. The number of benzene rings is 2. The number of sulfonamides is 1. The van der Waals surface area contributed by atoms with Crippen LogP contribution in [0.5, 0.6) is 0 Å². The molecule has 0 aliphatic rings. The Hall–Kier alpha value is -3.01. The second-order valence-electron chi connectivity index (χ2n) is 6.64. The van der Waals surface area contributed by atoms with Gasteiger partial charge < -0.3 is 5.32 Å². The van der Waals surface area contributed by atoms with E-state index in [9.17, 15) is 13.2 Å². The first kappa shape index (κ1) is 20.3. The molecule has 2 aromatic heterocycles. The average Bonchev–Trinajstić information content (AvgIpc) is 3.29. The van der Waals surface area contributed by atoms with Crippen LogP contribution in [0.15, 0.2) is 65.7 Å². The molecule has 0 saturated heterocycles. The van der Waals surface area contributed by atoms with Crippen LogP contribution in [0, 0.1) is 6.92 Å². The van der Waals surface area contributed by atoms with Crippen LogP contribution in [-0.4, -0.2) is 30.3 Å². The number of amides is 1. The van der Waals surface area contributed by atoms with Gasteiger partial charge in [-0.1, -0.05) is 48.6 Å². The molecule has 0 radical (unpaired) electrons. The molecular formula is C21H20N4O3S2. The zero-order valence-corrected chi connectivity index (χ0v) is 18.0. The Morgan fingerprint density at radius 2 is 1.80 bits per heavy atom. The van der Waals surface area contributed by atoms with Gasteiger partial charge in [0.1, 0.15) is 4.88 Å². The van der Waals surface area contributed by atoms with E-state index in [0.29, 0.717) is 17.1 Å². The average molecular weight is 441 g/mol. The Kier molecular flexibility index (Phi) is 5.42. The minimum Gasteiger partial charge on any atom is -0.321 e. The van der Waals surface area contributed by atoms with Gasteiger partial charge in [0, 0.05) is 29.7 Å². The summed E-state index contributed by atoms with van der Waals surface area (Å²) in [6.45, 7) is 3.91. The van der Waals surface area contributed by atoms with Crippen molar-refractivity contribution in [3.05, 3.63) is 71.4 Å². The number of fused-ring (bicyclic) bond motifs is 1. The number of imidazole rings is 1. The van der Waals surface area contributed by atoms with Crippen molar-refractivity contribution in [1.29, 1.82) is 0 Å². The molecule has 0 fully saturated rings. The first-order valence-corrected chi connectivity index (χ1v) is 11.6. The Bertz CT molecular complexity index is 1310. The number of nitrogens with zero attached hydrogens (tertiary/aromatic N) is 2. The molecule has 2 N–H and O–H groups in total. The third kappa shape index (κ3) is 3.87. The maximum Gasteiger partial charge on any atom is 0.267 e. The van der Waals surface area contributed by atoms with Crippen LogP contribution in [0.3, 0.4) is 0 Å². The second-order valence-corrected chi connectivity index (χ2v) is 9.39. The molecule has 4 aromatic rings. The summed E-state index contributed by atoms with van der Waals surface area (Å²) in [7, 11) is -3.52. The van der Waals surface area contributed by atoms with Gasteiger partial charge >= 0.3 is 0 Å². The fourth-order valence-corrected chi connectivity index (χ4v) is 5.13. The Labute approximate surface area is 178 Å². The SMILES string of the molecule is CCNS(=O)(=O)c1ccc(NC(=O)c2sc3nc(-c4ccccc4)cn3c2C)cc1. The first-order chi connectivity index (χ1) is 14.4. The molecule has 154 valence electrons. The van der Waals surface area contributed by atoms with E-state index in [0.717, 1.165) is 21.9 Å². The van der Waals surface area contributed by atoms with E-state index in [4.69, 9.17) is 0 Å². The molecule has 0 aliphatic carbocycles. The molecule has 0 spiro atoms. The van der Waals surface area contributed by atoms with Gasteiger partial charge in [-0.15, -0.1) is 0 Å². The molecular weight excluding hydrogens is 420 g/mol. The summed E-state index contributed by atoms with van der Waals surface area (Å²) in [5, 5.41) is 2.82. The number of carbonyl (C=O) groups excluding carboxylic acids is 1. The summed E-state index contributed by atoms with van der Waals surface area (Å²) in [5.41, 5.74) is 3.19. The fraction of sp³-hybridized carbons (Fsp3) is 0.143. The third-order valence-electron chi connectivity index (χ3n) is 4.59. The van der Waals surface area contributed by atoms with Gasteiger partial charge in [-0.05, 0) is 31.2 Å². The van der Waals surface area contributed by atoms with Crippen molar-refractivity contribution in [3.8, 4) is 11.3 Å². The number of carbonyl (C=O) groups is 1. The highest BCUT2D eigenvalue weighted by Gasteiger charge is 2.19. The van der Waals surface area contributed by atoms with Crippen molar-refractivity contribution in [2.45, 2.75) is 18.7 Å². The monoisotopic (exact) mass is 440 g/mol. The zero-order valence-electron chi connectivity index (χ0n) is 16.4. The Morgan fingerprint density at radius 3 is 2.43 bits per heavy atom. The van der Waals surface area contributed by atoms with Crippen molar-refractivity contribution >= 4 is 37.9 Å². The number of thiazole rings is 1. The van der Waals surface area contributed by atoms with Gasteiger partial charge in [0.05, 0.1) is 10.6 Å². The highest BCUT2D eigenvalue weighted by molar-refractivity contribution is 7.89. The van der Waals surface area contributed by atoms with Crippen molar-refractivity contribution in [1.82, 2.24) is 14.1 Å². The first-order valence-electron chi connectivity index (χ1n) is 9.34. The third-order valence-corrected chi connectivity index (χ3v) is 7.31. The minimum atomic E-state index is -3.52.